The molecule has 4 nitrogen and oxygen atoms in total. The molecule has 12 heavy (non-hydrogen) atoms. The van der Waals surface area contributed by atoms with Gasteiger partial charge < -0.3 is 9.67 Å². The summed E-state index contributed by atoms with van der Waals surface area (Å²) < 4.78 is 1.59. The minimum absolute atomic E-state index is 0.100. The van der Waals surface area contributed by atoms with Crippen LogP contribution in [0, 0.1) is 0 Å². The van der Waals surface area contributed by atoms with Gasteiger partial charge in [0, 0.05) is 6.20 Å². The Hall–Kier alpha value is -1.13. The summed E-state index contributed by atoms with van der Waals surface area (Å²) in [7, 11) is 0. The molecule has 0 amide bonds. The van der Waals surface area contributed by atoms with Gasteiger partial charge in [-0.25, -0.2) is 9.97 Å². The molecule has 1 N–H and O–H groups in total. The van der Waals surface area contributed by atoms with Gasteiger partial charge in [0.15, 0.2) is 0 Å². The van der Waals surface area contributed by atoms with Crippen molar-refractivity contribution in [2.45, 2.75) is 6.73 Å². The number of aromatic nitrogens is 3. The lowest BCUT2D eigenvalue weighted by molar-refractivity contribution is 0.215. The van der Waals surface area contributed by atoms with E-state index in [1.807, 2.05) is 0 Å². The fourth-order valence-electron chi connectivity index (χ4n) is 1.09. The minimum Gasteiger partial charge on any atom is -0.376 e. The summed E-state index contributed by atoms with van der Waals surface area (Å²) in [6.07, 6.45) is 3.09. The van der Waals surface area contributed by atoms with Gasteiger partial charge in [-0.15, -0.1) is 0 Å². The minimum atomic E-state index is -0.100. The van der Waals surface area contributed by atoms with Crippen molar-refractivity contribution in [1.82, 2.24) is 14.5 Å². The van der Waals surface area contributed by atoms with Crippen LogP contribution in [0.5, 0.6) is 0 Å². The van der Waals surface area contributed by atoms with Gasteiger partial charge in [-0.2, -0.15) is 0 Å². The quantitative estimate of drug-likeness (QED) is 0.672. The monoisotopic (exact) mass is 183 g/mol. The Morgan fingerprint density at radius 2 is 2.33 bits per heavy atom. The molecule has 2 aromatic rings. The second kappa shape index (κ2) is 2.73. The number of aliphatic hydroxyl groups is 1. The van der Waals surface area contributed by atoms with Crippen molar-refractivity contribution in [2.75, 3.05) is 0 Å². The third-order valence-electron chi connectivity index (χ3n) is 1.66. The maximum Gasteiger partial charge on any atom is 0.146 e. The Morgan fingerprint density at radius 3 is 3.08 bits per heavy atom. The highest BCUT2D eigenvalue weighted by molar-refractivity contribution is 6.33. The normalized spacial score (nSPS) is 10.8. The molecule has 2 heterocycles. The summed E-state index contributed by atoms with van der Waals surface area (Å²) in [4.78, 5) is 7.79. The molecule has 0 aliphatic rings. The Morgan fingerprint density at radius 1 is 1.50 bits per heavy atom. The first kappa shape index (κ1) is 7.52. The van der Waals surface area contributed by atoms with Gasteiger partial charge in [0.2, 0.25) is 0 Å². The van der Waals surface area contributed by atoms with Crippen molar-refractivity contribution in [2.24, 2.45) is 0 Å². The van der Waals surface area contributed by atoms with Gasteiger partial charge >= 0.3 is 0 Å². The average molecular weight is 184 g/mol. The number of nitrogens with zero attached hydrogens (tertiary/aromatic N) is 3. The standard InChI is InChI=1S/C7H6ClN3O/c8-6-5-1-2-11(4-12)7(5)10-3-9-6/h1-3,12H,4H2. The van der Waals surface area contributed by atoms with Crippen LogP contribution in [0.25, 0.3) is 11.0 Å². The van der Waals surface area contributed by atoms with E-state index >= 15 is 0 Å². The smallest absolute Gasteiger partial charge is 0.146 e. The molecule has 0 unspecified atom stereocenters. The van der Waals surface area contributed by atoms with Crippen LogP contribution in [0.3, 0.4) is 0 Å². The fourth-order valence-corrected chi connectivity index (χ4v) is 1.28. The van der Waals surface area contributed by atoms with Crippen LogP contribution in [0.15, 0.2) is 18.6 Å². The maximum atomic E-state index is 8.87. The van der Waals surface area contributed by atoms with E-state index in [1.54, 1.807) is 16.8 Å². The van der Waals surface area contributed by atoms with E-state index in [4.69, 9.17) is 16.7 Å². The van der Waals surface area contributed by atoms with Gasteiger partial charge in [0.1, 0.15) is 23.9 Å². The van der Waals surface area contributed by atoms with Crippen molar-refractivity contribution < 1.29 is 5.11 Å². The van der Waals surface area contributed by atoms with Crippen LogP contribution in [0.4, 0.5) is 0 Å². The van der Waals surface area contributed by atoms with E-state index in [1.165, 1.54) is 6.33 Å². The van der Waals surface area contributed by atoms with Gasteiger partial charge in [-0.05, 0) is 6.07 Å². The van der Waals surface area contributed by atoms with E-state index in [2.05, 4.69) is 9.97 Å². The zero-order valence-electron chi connectivity index (χ0n) is 6.11. The topological polar surface area (TPSA) is 50.9 Å². The molecule has 0 bridgehead atoms. The molecule has 2 rings (SSSR count). The zero-order valence-corrected chi connectivity index (χ0v) is 6.86. The van der Waals surface area contributed by atoms with Crippen molar-refractivity contribution >= 4 is 22.6 Å². The first-order valence-corrected chi connectivity index (χ1v) is 3.77. The van der Waals surface area contributed by atoms with Crippen LogP contribution in [0.2, 0.25) is 5.15 Å². The lowest BCUT2D eigenvalue weighted by Crippen LogP contribution is -1.95. The second-order valence-corrected chi connectivity index (χ2v) is 2.69. The van der Waals surface area contributed by atoms with Crippen LogP contribution >= 0.6 is 11.6 Å². The maximum absolute atomic E-state index is 8.87. The molecule has 0 aliphatic carbocycles. The number of rotatable bonds is 1. The Kier molecular flexibility index (Phi) is 1.71. The van der Waals surface area contributed by atoms with Gasteiger partial charge in [-0.3, -0.25) is 0 Å². The first-order valence-electron chi connectivity index (χ1n) is 3.39. The molecule has 5 heteroatoms. The molecule has 62 valence electrons. The Bertz CT molecular complexity index is 412. The molecule has 0 saturated carbocycles. The molecule has 0 atom stereocenters. The molecule has 0 fully saturated rings. The van der Waals surface area contributed by atoms with Crippen molar-refractivity contribution in [3.63, 3.8) is 0 Å². The largest absolute Gasteiger partial charge is 0.376 e. The van der Waals surface area contributed by atoms with E-state index in [0.29, 0.717) is 10.8 Å². The summed E-state index contributed by atoms with van der Waals surface area (Å²) in [6.45, 7) is -0.100. The molecule has 2 aromatic heterocycles. The summed E-state index contributed by atoms with van der Waals surface area (Å²) >= 11 is 5.78. The summed E-state index contributed by atoms with van der Waals surface area (Å²) in [6, 6.07) is 1.77. The average Bonchev–Trinajstić information content (AvgIpc) is 2.49. The summed E-state index contributed by atoms with van der Waals surface area (Å²) in [5, 5.41) is 10.0. The number of hydrogen-bond donors (Lipinski definition) is 1. The fraction of sp³-hybridized carbons (Fsp3) is 0.143. The first-order chi connectivity index (χ1) is 5.83. The van der Waals surface area contributed by atoms with E-state index in [-0.39, 0.29) is 6.73 Å². The summed E-state index contributed by atoms with van der Waals surface area (Å²) in [5.74, 6) is 0. The Labute approximate surface area is 73.4 Å². The SMILES string of the molecule is OCn1ccc2c(Cl)ncnc21. The molecule has 0 aliphatic heterocycles. The molecule has 0 aromatic carbocycles. The lowest BCUT2D eigenvalue weighted by Gasteiger charge is -1.97. The van der Waals surface area contributed by atoms with E-state index < -0.39 is 0 Å². The molecule has 0 saturated heterocycles. The predicted octanol–water partition coefficient (Wildman–Crippen LogP) is 1.03. The van der Waals surface area contributed by atoms with Gasteiger partial charge in [0.25, 0.3) is 0 Å². The highest BCUT2D eigenvalue weighted by Gasteiger charge is 2.04. The predicted molar refractivity (Wildman–Crippen MR) is 44.8 cm³/mol. The van der Waals surface area contributed by atoms with Crippen molar-refractivity contribution in [3.05, 3.63) is 23.7 Å². The molecule has 0 radical (unpaired) electrons. The third kappa shape index (κ3) is 0.964. The van der Waals surface area contributed by atoms with Crippen LogP contribution in [0.1, 0.15) is 0 Å². The zero-order chi connectivity index (χ0) is 8.55. The number of aliphatic hydroxyl groups excluding tert-OH is 1. The number of halogens is 1. The van der Waals surface area contributed by atoms with Crippen molar-refractivity contribution in [1.29, 1.82) is 0 Å². The van der Waals surface area contributed by atoms with Crippen molar-refractivity contribution in [3.8, 4) is 0 Å². The molecule has 0 spiro atoms. The second-order valence-electron chi connectivity index (χ2n) is 2.33. The highest BCUT2D eigenvalue weighted by Crippen LogP contribution is 2.19. The third-order valence-corrected chi connectivity index (χ3v) is 1.96. The van der Waals surface area contributed by atoms with Crippen LogP contribution < -0.4 is 0 Å². The summed E-state index contributed by atoms with van der Waals surface area (Å²) in [5.41, 5.74) is 0.650. The van der Waals surface area contributed by atoms with E-state index in [9.17, 15) is 0 Å². The van der Waals surface area contributed by atoms with E-state index in [0.717, 1.165) is 5.39 Å². The molecular formula is C7H6ClN3O. The number of fused-ring (bicyclic) bond motifs is 1. The Balaban J connectivity index is 2.80. The van der Waals surface area contributed by atoms with Gasteiger partial charge in [-0.1, -0.05) is 11.6 Å². The molecular weight excluding hydrogens is 178 g/mol. The number of hydrogen-bond acceptors (Lipinski definition) is 3. The lowest BCUT2D eigenvalue weighted by atomic mass is 10.4. The highest BCUT2D eigenvalue weighted by atomic mass is 35.5. The van der Waals surface area contributed by atoms with Crippen LogP contribution in [-0.4, -0.2) is 19.6 Å². The van der Waals surface area contributed by atoms with Gasteiger partial charge in [0.05, 0.1) is 5.39 Å². The van der Waals surface area contributed by atoms with Crippen LogP contribution in [-0.2, 0) is 6.73 Å².